The molecule has 19 heavy (non-hydrogen) atoms. The van der Waals surface area contributed by atoms with Crippen LogP contribution in [0.2, 0.25) is 10.2 Å². The number of nitrogens with one attached hydrogen (secondary N) is 1. The SMILES string of the molecule is Clc1cc(Nc2ccc(Br)cc2Cl)nc(C2CC2)n1. The molecule has 1 aliphatic carbocycles. The van der Waals surface area contributed by atoms with E-state index >= 15 is 0 Å². The largest absolute Gasteiger partial charge is 0.339 e. The molecule has 2 aromatic rings. The van der Waals surface area contributed by atoms with Gasteiger partial charge in [0, 0.05) is 16.5 Å². The maximum absolute atomic E-state index is 6.16. The number of rotatable bonds is 3. The van der Waals surface area contributed by atoms with Crippen molar-refractivity contribution in [1.82, 2.24) is 9.97 Å². The van der Waals surface area contributed by atoms with Crippen LogP contribution in [0.25, 0.3) is 0 Å². The second-order valence-corrected chi connectivity index (χ2v) is 6.17. The van der Waals surface area contributed by atoms with Gasteiger partial charge in [-0.1, -0.05) is 39.1 Å². The molecule has 1 N–H and O–H groups in total. The topological polar surface area (TPSA) is 37.8 Å². The third kappa shape index (κ3) is 3.19. The number of hydrogen-bond donors (Lipinski definition) is 1. The summed E-state index contributed by atoms with van der Waals surface area (Å²) >= 11 is 15.6. The number of benzene rings is 1. The lowest BCUT2D eigenvalue weighted by Gasteiger charge is -2.09. The summed E-state index contributed by atoms with van der Waals surface area (Å²) in [5.41, 5.74) is 0.793. The highest BCUT2D eigenvalue weighted by Gasteiger charge is 2.27. The molecular formula is C13H10BrCl2N3. The fourth-order valence-corrected chi connectivity index (χ4v) is 2.66. The van der Waals surface area contributed by atoms with Crippen molar-refractivity contribution in [2.45, 2.75) is 18.8 Å². The average molecular weight is 359 g/mol. The van der Waals surface area contributed by atoms with Gasteiger partial charge in [0.1, 0.15) is 16.8 Å². The van der Waals surface area contributed by atoms with Crippen LogP contribution < -0.4 is 5.32 Å². The van der Waals surface area contributed by atoms with Crippen molar-refractivity contribution >= 4 is 50.6 Å². The molecule has 6 heteroatoms. The van der Waals surface area contributed by atoms with E-state index in [-0.39, 0.29) is 0 Å². The van der Waals surface area contributed by atoms with E-state index in [9.17, 15) is 0 Å². The van der Waals surface area contributed by atoms with E-state index in [0.29, 0.717) is 21.9 Å². The summed E-state index contributed by atoms with van der Waals surface area (Å²) < 4.78 is 0.933. The Morgan fingerprint density at radius 3 is 2.63 bits per heavy atom. The summed E-state index contributed by atoms with van der Waals surface area (Å²) in [6.45, 7) is 0. The van der Waals surface area contributed by atoms with Gasteiger partial charge in [-0.2, -0.15) is 0 Å². The second kappa shape index (κ2) is 5.27. The van der Waals surface area contributed by atoms with Crippen molar-refractivity contribution < 1.29 is 0 Å². The van der Waals surface area contributed by atoms with E-state index in [2.05, 4.69) is 31.2 Å². The van der Waals surface area contributed by atoms with Gasteiger partial charge < -0.3 is 5.32 Å². The van der Waals surface area contributed by atoms with Crippen molar-refractivity contribution in [3.05, 3.63) is 44.7 Å². The highest BCUT2D eigenvalue weighted by molar-refractivity contribution is 9.10. The third-order valence-electron chi connectivity index (χ3n) is 2.85. The first-order valence-corrected chi connectivity index (χ1v) is 7.43. The zero-order chi connectivity index (χ0) is 13.4. The Bertz CT molecular complexity index is 629. The van der Waals surface area contributed by atoms with Crippen LogP contribution in [0.15, 0.2) is 28.7 Å². The molecule has 0 unspecified atom stereocenters. The average Bonchev–Trinajstić information content (AvgIpc) is 3.16. The molecule has 1 aromatic carbocycles. The zero-order valence-corrected chi connectivity index (χ0v) is 12.9. The normalized spacial score (nSPS) is 14.5. The van der Waals surface area contributed by atoms with Gasteiger partial charge >= 0.3 is 0 Å². The Morgan fingerprint density at radius 2 is 1.95 bits per heavy atom. The molecule has 0 atom stereocenters. The smallest absolute Gasteiger partial charge is 0.135 e. The summed E-state index contributed by atoms with van der Waals surface area (Å²) in [6.07, 6.45) is 2.28. The monoisotopic (exact) mass is 357 g/mol. The van der Waals surface area contributed by atoms with E-state index in [4.69, 9.17) is 23.2 Å². The number of aromatic nitrogens is 2. The van der Waals surface area contributed by atoms with Gasteiger partial charge in [0.2, 0.25) is 0 Å². The van der Waals surface area contributed by atoms with Crippen molar-refractivity contribution in [2.24, 2.45) is 0 Å². The Labute approximate surface area is 129 Å². The minimum Gasteiger partial charge on any atom is -0.339 e. The van der Waals surface area contributed by atoms with Gasteiger partial charge in [0.05, 0.1) is 10.7 Å². The summed E-state index contributed by atoms with van der Waals surface area (Å²) in [7, 11) is 0. The molecule has 0 radical (unpaired) electrons. The van der Waals surface area contributed by atoms with Crippen LogP contribution in [-0.4, -0.2) is 9.97 Å². The molecule has 1 aromatic heterocycles. The molecule has 0 bridgehead atoms. The standard InChI is InChI=1S/C13H10BrCl2N3/c14-8-3-4-10(9(15)5-8)17-12-6-11(16)18-13(19-12)7-1-2-7/h3-7H,1-2H2,(H,17,18,19). The molecule has 1 saturated carbocycles. The summed E-state index contributed by atoms with van der Waals surface area (Å²) in [5, 5.41) is 4.25. The van der Waals surface area contributed by atoms with E-state index in [1.54, 1.807) is 6.07 Å². The first-order valence-electron chi connectivity index (χ1n) is 5.88. The lowest BCUT2D eigenvalue weighted by molar-refractivity contribution is 0.931. The Morgan fingerprint density at radius 1 is 1.16 bits per heavy atom. The highest BCUT2D eigenvalue weighted by Crippen LogP contribution is 2.39. The summed E-state index contributed by atoms with van der Waals surface area (Å²) in [4.78, 5) is 8.73. The van der Waals surface area contributed by atoms with Gasteiger partial charge in [-0.15, -0.1) is 0 Å². The van der Waals surface area contributed by atoms with Crippen molar-refractivity contribution in [1.29, 1.82) is 0 Å². The van der Waals surface area contributed by atoms with Crippen LogP contribution in [0.3, 0.4) is 0 Å². The van der Waals surface area contributed by atoms with Crippen LogP contribution in [0.1, 0.15) is 24.6 Å². The van der Waals surface area contributed by atoms with Gasteiger partial charge in [-0.3, -0.25) is 0 Å². The number of halogens is 3. The Balaban J connectivity index is 1.89. The van der Waals surface area contributed by atoms with Gasteiger partial charge in [0.15, 0.2) is 0 Å². The van der Waals surface area contributed by atoms with E-state index in [1.807, 2.05) is 18.2 Å². The van der Waals surface area contributed by atoms with Gasteiger partial charge in [-0.25, -0.2) is 9.97 Å². The molecule has 98 valence electrons. The van der Waals surface area contributed by atoms with E-state index in [1.165, 1.54) is 0 Å². The van der Waals surface area contributed by atoms with Crippen molar-refractivity contribution in [3.63, 3.8) is 0 Å². The van der Waals surface area contributed by atoms with Gasteiger partial charge in [-0.05, 0) is 31.0 Å². The molecular weight excluding hydrogens is 349 g/mol. The van der Waals surface area contributed by atoms with Crippen LogP contribution >= 0.6 is 39.1 Å². The van der Waals surface area contributed by atoms with Crippen LogP contribution in [0, 0.1) is 0 Å². The van der Waals surface area contributed by atoms with E-state index < -0.39 is 0 Å². The van der Waals surface area contributed by atoms with E-state index in [0.717, 1.165) is 28.8 Å². The zero-order valence-electron chi connectivity index (χ0n) is 9.83. The summed E-state index contributed by atoms with van der Waals surface area (Å²) in [6, 6.07) is 7.33. The molecule has 1 heterocycles. The first-order chi connectivity index (χ1) is 9.11. The second-order valence-electron chi connectivity index (χ2n) is 4.46. The van der Waals surface area contributed by atoms with Crippen LogP contribution in [0.5, 0.6) is 0 Å². The molecule has 0 spiro atoms. The lowest BCUT2D eigenvalue weighted by atomic mass is 10.3. The maximum Gasteiger partial charge on any atom is 0.135 e. The van der Waals surface area contributed by atoms with Crippen molar-refractivity contribution in [2.75, 3.05) is 5.32 Å². The molecule has 0 amide bonds. The Hall–Kier alpha value is -0.840. The first kappa shape index (κ1) is 13.2. The minimum absolute atomic E-state index is 0.452. The molecule has 0 saturated heterocycles. The number of nitrogens with zero attached hydrogens (tertiary/aromatic N) is 2. The molecule has 0 aliphatic heterocycles. The third-order valence-corrected chi connectivity index (χ3v) is 3.85. The van der Waals surface area contributed by atoms with Crippen molar-refractivity contribution in [3.8, 4) is 0 Å². The fraction of sp³-hybridized carbons (Fsp3) is 0.231. The predicted octanol–water partition coefficient (Wildman–Crippen LogP) is 5.17. The molecule has 1 fully saturated rings. The number of anilines is 2. The number of hydrogen-bond acceptors (Lipinski definition) is 3. The lowest BCUT2D eigenvalue weighted by Crippen LogP contribution is -1.99. The highest BCUT2D eigenvalue weighted by atomic mass is 79.9. The fourth-order valence-electron chi connectivity index (χ4n) is 1.75. The van der Waals surface area contributed by atoms with Crippen LogP contribution in [0.4, 0.5) is 11.5 Å². The predicted molar refractivity (Wildman–Crippen MR) is 81.5 cm³/mol. The Kier molecular flexibility index (Phi) is 3.65. The quantitative estimate of drug-likeness (QED) is 0.769. The van der Waals surface area contributed by atoms with Gasteiger partial charge in [0.25, 0.3) is 0 Å². The maximum atomic E-state index is 6.16. The molecule has 3 rings (SSSR count). The molecule has 1 aliphatic rings. The minimum atomic E-state index is 0.452. The molecule has 3 nitrogen and oxygen atoms in total. The van der Waals surface area contributed by atoms with Crippen LogP contribution in [-0.2, 0) is 0 Å². The summed E-state index contributed by atoms with van der Waals surface area (Å²) in [5.74, 6) is 1.94.